The van der Waals surface area contributed by atoms with E-state index >= 15 is 0 Å². The van der Waals surface area contributed by atoms with Crippen LogP contribution in [-0.2, 0) is 9.53 Å². The lowest BCUT2D eigenvalue weighted by Gasteiger charge is -2.25. The van der Waals surface area contributed by atoms with Gasteiger partial charge in [-0.15, -0.1) is 0 Å². The lowest BCUT2D eigenvalue weighted by atomic mass is 10.2. The second-order valence-corrected chi connectivity index (χ2v) is 3.00. The van der Waals surface area contributed by atoms with Crippen LogP contribution in [0.25, 0.3) is 0 Å². The van der Waals surface area contributed by atoms with Crippen LogP contribution in [0.1, 0.15) is 10.4 Å². The predicted octanol–water partition coefficient (Wildman–Crippen LogP) is 0.342. The van der Waals surface area contributed by atoms with Crippen molar-refractivity contribution in [1.29, 1.82) is 0 Å². The fourth-order valence-electron chi connectivity index (χ4n) is 1.15. The monoisotopic (exact) mass is 191 g/mol. The van der Waals surface area contributed by atoms with Gasteiger partial charge in [-0.25, -0.2) is 0 Å². The minimum Gasteiger partial charge on any atom is -0.343 e. The molecule has 1 saturated heterocycles. The molecule has 0 radical (unpaired) electrons. The summed E-state index contributed by atoms with van der Waals surface area (Å²) >= 11 is 0. The van der Waals surface area contributed by atoms with E-state index in [0.29, 0.717) is 5.56 Å². The van der Waals surface area contributed by atoms with Gasteiger partial charge in [-0.05, 0) is 12.1 Å². The summed E-state index contributed by atoms with van der Waals surface area (Å²) in [7, 11) is 0. The molecule has 1 N–H and O–H groups in total. The van der Waals surface area contributed by atoms with Gasteiger partial charge in [-0.3, -0.25) is 9.59 Å². The molecule has 0 spiro atoms. The van der Waals surface area contributed by atoms with E-state index in [9.17, 15) is 9.59 Å². The Bertz CT molecular complexity index is 361. The molecule has 14 heavy (non-hydrogen) atoms. The summed E-state index contributed by atoms with van der Waals surface area (Å²) in [6.45, 7) is 0.0970. The molecule has 1 unspecified atom stereocenters. The molecule has 0 saturated carbocycles. The van der Waals surface area contributed by atoms with Gasteiger partial charge >= 0.3 is 0 Å². The van der Waals surface area contributed by atoms with Crippen molar-refractivity contribution in [3.8, 4) is 0 Å². The first-order chi connectivity index (χ1) is 6.77. The van der Waals surface area contributed by atoms with Crippen molar-refractivity contribution in [3.63, 3.8) is 0 Å². The molecule has 0 aromatic heterocycles. The minimum atomic E-state index is -0.747. The largest absolute Gasteiger partial charge is 0.343 e. The maximum absolute atomic E-state index is 11.5. The van der Waals surface area contributed by atoms with Gasteiger partial charge in [-0.2, -0.15) is 0 Å². The molecule has 1 fully saturated rings. The Morgan fingerprint density at radius 2 is 2.07 bits per heavy atom. The van der Waals surface area contributed by atoms with Gasteiger partial charge in [0.1, 0.15) is 6.61 Å². The molecule has 1 amide bonds. The van der Waals surface area contributed by atoms with E-state index in [1.165, 1.54) is 0 Å². The predicted molar refractivity (Wildman–Crippen MR) is 48.7 cm³/mol. The number of hydrogen-bond acceptors (Lipinski definition) is 3. The summed E-state index contributed by atoms with van der Waals surface area (Å²) in [6.07, 6.45) is -0.747. The third-order valence-corrected chi connectivity index (χ3v) is 1.98. The zero-order chi connectivity index (χ0) is 9.97. The molecule has 0 bridgehead atoms. The molecule has 1 atom stereocenters. The number of ketones is 1. The molecule has 2 rings (SSSR count). The maximum atomic E-state index is 11.5. The van der Waals surface area contributed by atoms with Crippen LogP contribution >= 0.6 is 0 Å². The summed E-state index contributed by atoms with van der Waals surface area (Å²) in [6, 6.07) is 8.70. The maximum Gasteiger partial charge on any atom is 0.253 e. The molecule has 1 aliphatic heterocycles. The third-order valence-electron chi connectivity index (χ3n) is 1.98. The lowest BCUT2D eigenvalue weighted by Crippen LogP contribution is -2.52. The highest BCUT2D eigenvalue weighted by molar-refractivity contribution is 5.98. The van der Waals surface area contributed by atoms with Crippen molar-refractivity contribution in [2.45, 2.75) is 6.23 Å². The number of Topliss-reactive ketones (excluding diaryl/α,β-unsaturated/α-hetero) is 1. The highest BCUT2D eigenvalue weighted by Gasteiger charge is 2.30. The SMILES string of the molecule is O=C(NC1OCC1=O)c1ccccc1. The molecule has 4 nitrogen and oxygen atoms in total. The first-order valence-electron chi connectivity index (χ1n) is 4.27. The Balaban J connectivity index is 1.99. The van der Waals surface area contributed by atoms with Gasteiger partial charge in [0, 0.05) is 5.56 Å². The molecule has 72 valence electrons. The molecule has 1 aromatic carbocycles. The van der Waals surface area contributed by atoms with Gasteiger partial charge in [-0.1, -0.05) is 18.2 Å². The van der Waals surface area contributed by atoms with Crippen LogP contribution in [0.3, 0.4) is 0 Å². The standard InChI is InChI=1S/C10H9NO3/c12-8-6-14-10(8)11-9(13)7-4-2-1-3-5-7/h1-5,10H,6H2,(H,11,13). The van der Waals surface area contributed by atoms with E-state index in [4.69, 9.17) is 4.74 Å². The summed E-state index contributed by atoms with van der Waals surface area (Å²) in [4.78, 5) is 22.3. The van der Waals surface area contributed by atoms with E-state index in [1.807, 2.05) is 6.07 Å². The van der Waals surface area contributed by atoms with Gasteiger partial charge in [0.2, 0.25) is 5.78 Å². The molecule has 1 aliphatic rings. The Morgan fingerprint density at radius 3 is 2.57 bits per heavy atom. The molecule has 1 aromatic rings. The van der Waals surface area contributed by atoms with Crippen LogP contribution in [0.2, 0.25) is 0 Å². The minimum absolute atomic E-state index is 0.0886. The lowest BCUT2D eigenvalue weighted by molar-refractivity contribution is -0.156. The van der Waals surface area contributed by atoms with Crippen molar-refractivity contribution in [3.05, 3.63) is 35.9 Å². The second-order valence-electron chi connectivity index (χ2n) is 3.00. The molecule has 1 heterocycles. The van der Waals surface area contributed by atoms with Gasteiger partial charge in [0.15, 0.2) is 6.23 Å². The van der Waals surface area contributed by atoms with Crippen molar-refractivity contribution in [2.24, 2.45) is 0 Å². The van der Waals surface area contributed by atoms with Crippen molar-refractivity contribution < 1.29 is 14.3 Å². The number of ether oxygens (including phenoxy) is 1. The quantitative estimate of drug-likeness (QED) is 0.733. The van der Waals surface area contributed by atoms with Crippen LogP contribution in [0.5, 0.6) is 0 Å². The van der Waals surface area contributed by atoms with Gasteiger partial charge < -0.3 is 10.1 Å². The van der Waals surface area contributed by atoms with Crippen LogP contribution in [0, 0.1) is 0 Å². The highest BCUT2D eigenvalue weighted by atomic mass is 16.5. The van der Waals surface area contributed by atoms with Crippen LogP contribution in [0.4, 0.5) is 0 Å². The van der Waals surface area contributed by atoms with E-state index in [-0.39, 0.29) is 18.3 Å². The van der Waals surface area contributed by atoms with Crippen molar-refractivity contribution in [2.75, 3.05) is 6.61 Å². The molecule has 4 heteroatoms. The third kappa shape index (κ3) is 1.65. The number of hydrogen-bond donors (Lipinski definition) is 1. The van der Waals surface area contributed by atoms with E-state index in [1.54, 1.807) is 24.3 Å². The average molecular weight is 191 g/mol. The van der Waals surface area contributed by atoms with E-state index < -0.39 is 6.23 Å². The molecule has 0 aliphatic carbocycles. The summed E-state index contributed by atoms with van der Waals surface area (Å²) in [5.74, 6) is -0.377. The van der Waals surface area contributed by atoms with Gasteiger partial charge in [0.05, 0.1) is 0 Å². The molecular formula is C10H9NO3. The van der Waals surface area contributed by atoms with Crippen LogP contribution < -0.4 is 5.32 Å². The number of benzene rings is 1. The van der Waals surface area contributed by atoms with Crippen molar-refractivity contribution in [1.82, 2.24) is 5.32 Å². The average Bonchev–Trinajstić information content (AvgIpc) is 2.24. The number of amides is 1. The Morgan fingerprint density at radius 1 is 1.36 bits per heavy atom. The topological polar surface area (TPSA) is 55.4 Å². The smallest absolute Gasteiger partial charge is 0.253 e. The normalized spacial score (nSPS) is 20.0. The first-order valence-corrected chi connectivity index (χ1v) is 4.27. The number of carbonyl (C=O) groups excluding carboxylic acids is 2. The summed E-state index contributed by atoms with van der Waals surface area (Å²) in [5, 5.41) is 2.47. The number of carbonyl (C=O) groups is 2. The molecular weight excluding hydrogens is 182 g/mol. The van der Waals surface area contributed by atoms with E-state index in [0.717, 1.165) is 0 Å². The number of nitrogens with one attached hydrogen (secondary N) is 1. The Labute approximate surface area is 80.9 Å². The van der Waals surface area contributed by atoms with Gasteiger partial charge in [0.25, 0.3) is 5.91 Å². The van der Waals surface area contributed by atoms with Crippen LogP contribution in [-0.4, -0.2) is 24.5 Å². The van der Waals surface area contributed by atoms with Crippen LogP contribution in [0.15, 0.2) is 30.3 Å². The second kappa shape index (κ2) is 3.59. The Kier molecular flexibility index (Phi) is 2.28. The number of rotatable bonds is 2. The zero-order valence-electron chi connectivity index (χ0n) is 7.40. The first kappa shape index (κ1) is 8.90. The zero-order valence-corrected chi connectivity index (χ0v) is 7.40. The fraction of sp³-hybridized carbons (Fsp3) is 0.200. The van der Waals surface area contributed by atoms with E-state index in [2.05, 4.69) is 5.32 Å². The fourth-order valence-corrected chi connectivity index (χ4v) is 1.15. The highest BCUT2D eigenvalue weighted by Crippen LogP contribution is 2.05. The Hall–Kier alpha value is -1.68. The van der Waals surface area contributed by atoms with Crippen molar-refractivity contribution >= 4 is 11.7 Å². The summed E-state index contributed by atoms with van der Waals surface area (Å²) < 4.78 is 4.85. The summed E-state index contributed by atoms with van der Waals surface area (Å²) in [5.41, 5.74) is 0.524.